The number of hydrogen-bond acceptors (Lipinski definition) is 7. The number of anilines is 3. The molecule has 0 saturated heterocycles. The van der Waals surface area contributed by atoms with E-state index in [4.69, 9.17) is 0 Å². The third kappa shape index (κ3) is 3.83. The van der Waals surface area contributed by atoms with Crippen LogP contribution in [0.4, 0.5) is 17.1 Å². The highest BCUT2D eigenvalue weighted by molar-refractivity contribution is 5.99. The number of hydrogen-bond donors (Lipinski definition) is 3. The number of rotatable bonds is 5. The molecule has 0 aromatic heterocycles. The molecule has 0 aliphatic heterocycles. The number of carbonyl (C=O) groups is 1. The summed E-state index contributed by atoms with van der Waals surface area (Å²) in [6.45, 7) is 7.86. The lowest BCUT2D eigenvalue weighted by Crippen LogP contribution is -2.41. The van der Waals surface area contributed by atoms with Gasteiger partial charge in [0.25, 0.3) is 16.8 Å². The van der Waals surface area contributed by atoms with Crippen molar-refractivity contribution in [1.82, 2.24) is 4.90 Å². The van der Waals surface area contributed by atoms with Gasteiger partial charge in [-0.2, -0.15) is 5.26 Å². The fourth-order valence-electron chi connectivity index (χ4n) is 2.41. The lowest BCUT2D eigenvalue weighted by Gasteiger charge is -2.30. The third-order valence-corrected chi connectivity index (χ3v) is 4.71. The molecule has 148 valence electrons. The van der Waals surface area contributed by atoms with Crippen LogP contribution in [0.5, 0.6) is 5.75 Å². The maximum Gasteiger partial charge on any atom is 0.257 e. The van der Waals surface area contributed by atoms with E-state index in [0.29, 0.717) is 0 Å². The van der Waals surface area contributed by atoms with Gasteiger partial charge in [-0.05, 0) is 24.5 Å². The number of aromatic hydroxyl groups is 1. The standard InChI is InChI=1S/C20H24N4O4/c1-10(20(2,3)4)22-14-15(18(27)17(14)26)23-13-8-11(9-21)7-12(16(13)25)19(28)24(5)6/h7-8,10,22-23,25H,1-6H3/t10-/m0/s1. The minimum absolute atomic E-state index is 0.00260. The van der Waals surface area contributed by atoms with Crippen LogP contribution in [-0.2, 0) is 0 Å². The third-order valence-electron chi connectivity index (χ3n) is 4.71. The van der Waals surface area contributed by atoms with Crippen molar-refractivity contribution in [2.75, 3.05) is 24.7 Å². The molecule has 0 heterocycles. The molecule has 2 aromatic rings. The molecule has 0 radical (unpaired) electrons. The molecule has 2 rings (SSSR count). The van der Waals surface area contributed by atoms with Crippen LogP contribution in [0.25, 0.3) is 0 Å². The van der Waals surface area contributed by atoms with E-state index >= 15 is 0 Å². The Kier molecular flexibility index (Phi) is 5.50. The quantitative estimate of drug-likeness (QED) is 0.533. The lowest BCUT2D eigenvalue weighted by molar-refractivity contribution is 0.0824. The van der Waals surface area contributed by atoms with Gasteiger partial charge in [0.1, 0.15) is 11.4 Å². The van der Waals surface area contributed by atoms with Crippen molar-refractivity contribution in [3.05, 3.63) is 43.7 Å². The van der Waals surface area contributed by atoms with E-state index in [0.717, 1.165) is 0 Å². The SMILES string of the molecule is C[C@H](Nc1c(Nc2cc(C#N)cc(C(=O)N(C)C)c2O)c(=O)c1=O)C(C)(C)C. The molecule has 2 aromatic carbocycles. The molecule has 0 saturated carbocycles. The minimum atomic E-state index is -0.731. The van der Waals surface area contributed by atoms with Gasteiger partial charge in [0.05, 0.1) is 22.9 Å². The number of nitrogens with one attached hydrogen (secondary N) is 2. The van der Waals surface area contributed by atoms with E-state index in [9.17, 15) is 24.8 Å². The fraction of sp³-hybridized carbons (Fsp3) is 0.400. The first kappa shape index (κ1) is 21.0. The topological polar surface area (TPSA) is 123 Å². The van der Waals surface area contributed by atoms with Crippen molar-refractivity contribution in [2.24, 2.45) is 5.41 Å². The average Bonchev–Trinajstić information content (AvgIpc) is 2.63. The van der Waals surface area contributed by atoms with Gasteiger partial charge in [-0.3, -0.25) is 14.4 Å². The molecule has 3 N–H and O–H groups in total. The number of nitriles is 1. The molecule has 1 atom stereocenters. The smallest absolute Gasteiger partial charge is 0.257 e. The zero-order valence-corrected chi connectivity index (χ0v) is 16.8. The lowest BCUT2D eigenvalue weighted by atomic mass is 9.87. The van der Waals surface area contributed by atoms with E-state index in [1.54, 1.807) is 0 Å². The minimum Gasteiger partial charge on any atom is -0.505 e. The number of phenolic OH excluding ortho intramolecular Hbond substituents is 1. The van der Waals surface area contributed by atoms with Gasteiger partial charge >= 0.3 is 0 Å². The van der Waals surface area contributed by atoms with Crippen molar-refractivity contribution in [1.29, 1.82) is 5.26 Å². The number of phenols is 1. The molecule has 8 heteroatoms. The second-order valence-corrected chi connectivity index (χ2v) is 8.00. The van der Waals surface area contributed by atoms with E-state index in [-0.39, 0.29) is 39.6 Å². The highest BCUT2D eigenvalue weighted by Gasteiger charge is 2.28. The largest absolute Gasteiger partial charge is 0.505 e. The predicted molar refractivity (Wildman–Crippen MR) is 108 cm³/mol. The van der Waals surface area contributed by atoms with Crippen LogP contribution in [0.3, 0.4) is 0 Å². The number of amides is 1. The molecular weight excluding hydrogens is 360 g/mol. The Morgan fingerprint density at radius 2 is 1.75 bits per heavy atom. The Bertz CT molecular complexity index is 1030. The van der Waals surface area contributed by atoms with E-state index in [2.05, 4.69) is 10.6 Å². The summed E-state index contributed by atoms with van der Waals surface area (Å²) in [7, 11) is 3.03. The summed E-state index contributed by atoms with van der Waals surface area (Å²) in [5, 5.41) is 25.5. The summed E-state index contributed by atoms with van der Waals surface area (Å²) in [6.07, 6.45) is 0. The second-order valence-electron chi connectivity index (χ2n) is 8.00. The molecule has 0 unspecified atom stereocenters. The first-order valence-electron chi connectivity index (χ1n) is 8.74. The molecule has 8 nitrogen and oxygen atoms in total. The Morgan fingerprint density at radius 3 is 2.25 bits per heavy atom. The maximum absolute atomic E-state index is 12.3. The Balaban J connectivity index is 2.48. The van der Waals surface area contributed by atoms with Crippen LogP contribution >= 0.6 is 0 Å². The van der Waals surface area contributed by atoms with Crippen molar-refractivity contribution in [2.45, 2.75) is 33.7 Å². The zero-order valence-electron chi connectivity index (χ0n) is 16.8. The van der Waals surface area contributed by atoms with E-state index in [1.165, 1.54) is 31.1 Å². The van der Waals surface area contributed by atoms with Gasteiger partial charge < -0.3 is 20.6 Å². The van der Waals surface area contributed by atoms with E-state index < -0.39 is 22.5 Å². The number of benzene rings is 1. The first-order valence-corrected chi connectivity index (χ1v) is 8.74. The average molecular weight is 384 g/mol. The Labute approximate surface area is 163 Å². The van der Waals surface area contributed by atoms with Crippen molar-refractivity contribution >= 4 is 23.0 Å². The molecular formula is C20H24N4O4. The summed E-state index contributed by atoms with van der Waals surface area (Å²) in [5.74, 6) is -0.900. The van der Waals surface area contributed by atoms with Crippen LogP contribution in [0.2, 0.25) is 0 Å². The monoisotopic (exact) mass is 384 g/mol. The summed E-state index contributed by atoms with van der Waals surface area (Å²) >= 11 is 0. The zero-order chi connectivity index (χ0) is 21.4. The molecule has 0 spiro atoms. The fourth-order valence-corrected chi connectivity index (χ4v) is 2.41. The van der Waals surface area contributed by atoms with Crippen molar-refractivity contribution in [3.8, 4) is 11.8 Å². The van der Waals surface area contributed by atoms with Crippen molar-refractivity contribution < 1.29 is 9.90 Å². The molecule has 0 aliphatic rings. The first-order chi connectivity index (χ1) is 12.9. The molecule has 28 heavy (non-hydrogen) atoms. The summed E-state index contributed by atoms with van der Waals surface area (Å²) in [4.78, 5) is 37.6. The second kappa shape index (κ2) is 7.35. The molecule has 0 fully saturated rings. The van der Waals surface area contributed by atoms with Gasteiger partial charge in [-0.25, -0.2) is 0 Å². The van der Waals surface area contributed by atoms with Crippen LogP contribution in [0.1, 0.15) is 43.6 Å². The summed E-state index contributed by atoms with van der Waals surface area (Å²) in [6, 6.07) is 4.39. The highest BCUT2D eigenvalue weighted by atomic mass is 16.3. The summed E-state index contributed by atoms with van der Waals surface area (Å²) in [5.41, 5.74) is -1.38. The maximum atomic E-state index is 12.3. The summed E-state index contributed by atoms with van der Waals surface area (Å²) < 4.78 is 0. The Hall–Kier alpha value is -3.34. The number of carbonyl (C=O) groups excluding carboxylic acids is 1. The predicted octanol–water partition coefficient (Wildman–Crippen LogP) is 2.15. The number of nitrogens with zero attached hydrogens (tertiary/aromatic N) is 2. The Morgan fingerprint density at radius 1 is 1.18 bits per heavy atom. The van der Waals surface area contributed by atoms with Crippen LogP contribution in [-0.4, -0.2) is 36.1 Å². The highest BCUT2D eigenvalue weighted by Crippen LogP contribution is 2.34. The normalized spacial score (nSPS) is 12.3. The van der Waals surface area contributed by atoms with Crippen LogP contribution < -0.4 is 21.5 Å². The van der Waals surface area contributed by atoms with Gasteiger partial charge in [-0.15, -0.1) is 0 Å². The molecule has 1 amide bonds. The van der Waals surface area contributed by atoms with Gasteiger partial charge in [0, 0.05) is 20.1 Å². The van der Waals surface area contributed by atoms with Gasteiger partial charge in [0.2, 0.25) is 0 Å². The van der Waals surface area contributed by atoms with Crippen molar-refractivity contribution in [3.63, 3.8) is 0 Å². The van der Waals surface area contributed by atoms with Crippen LogP contribution in [0.15, 0.2) is 21.7 Å². The molecule has 0 aliphatic carbocycles. The van der Waals surface area contributed by atoms with Gasteiger partial charge in [-0.1, -0.05) is 20.8 Å². The van der Waals surface area contributed by atoms with E-state index in [1.807, 2.05) is 33.8 Å². The molecule has 0 bridgehead atoms. The van der Waals surface area contributed by atoms with Crippen LogP contribution in [0, 0.1) is 16.7 Å². The van der Waals surface area contributed by atoms with Gasteiger partial charge in [0.15, 0.2) is 5.75 Å².